The lowest BCUT2D eigenvalue weighted by atomic mass is 10.2. The van der Waals surface area contributed by atoms with Crippen LogP contribution in [0, 0.1) is 0 Å². The van der Waals surface area contributed by atoms with Gasteiger partial charge in [-0.05, 0) is 36.8 Å². The highest BCUT2D eigenvalue weighted by molar-refractivity contribution is 5.94. The van der Waals surface area contributed by atoms with Gasteiger partial charge in [0.25, 0.3) is 5.91 Å². The highest BCUT2D eigenvalue weighted by Crippen LogP contribution is 2.28. The van der Waals surface area contributed by atoms with E-state index < -0.39 is 0 Å². The Hall–Kier alpha value is -2.43. The summed E-state index contributed by atoms with van der Waals surface area (Å²) < 4.78 is 16.4. The third-order valence-corrected chi connectivity index (χ3v) is 3.92. The number of amides is 1. The van der Waals surface area contributed by atoms with Crippen molar-refractivity contribution in [1.82, 2.24) is 5.32 Å². The normalized spacial score (nSPS) is 10.5. The van der Waals surface area contributed by atoms with E-state index in [1.165, 1.54) is 12.8 Å². The molecule has 0 fully saturated rings. The van der Waals surface area contributed by atoms with Gasteiger partial charge in [-0.3, -0.25) is 4.79 Å². The average molecular weight is 345 g/mol. The van der Waals surface area contributed by atoms with Gasteiger partial charge in [0.2, 0.25) is 0 Å². The highest BCUT2D eigenvalue weighted by Gasteiger charge is 2.11. The predicted molar refractivity (Wildman–Crippen MR) is 97.4 cm³/mol. The van der Waals surface area contributed by atoms with Crippen LogP contribution < -0.4 is 14.8 Å². The molecule has 0 aliphatic carbocycles. The molecular weight excluding hydrogens is 318 g/mol. The Balaban J connectivity index is 1.84. The van der Waals surface area contributed by atoms with Crippen molar-refractivity contribution in [2.75, 3.05) is 20.3 Å². The van der Waals surface area contributed by atoms with Gasteiger partial charge in [0.05, 0.1) is 20.0 Å². The fraction of sp³-hybridized carbons (Fsp3) is 0.450. The Morgan fingerprint density at radius 1 is 1.16 bits per heavy atom. The second-order valence-corrected chi connectivity index (χ2v) is 5.86. The van der Waals surface area contributed by atoms with E-state index in [1.807, 2.05) is 12.1 Å². The summed E-state index contributed by atoms with van der Waals surface area (Å²) in [5.41, 5.74) is 0.551. The summed E-state index contributed by atoms with van der Waals surface area (Å²) in [6.45, 7) is 3.36. The summed E-state index contributed by atoms with van der Waals surface area (Å²) >= 11 is 0. The van der Waals surface area contributed by atoms with Crippen LogP contribution in [0.1, 0.15) is 48.7 Å². The van der Waals surface area contributed by atoms with Gasteiger partial charge >= 0.3 is 0 Å². The standard InChI is InChI=1S/C20H27NO4/c1-3-4-5-6-13-25-18-10-9-16(15-19(18)23-2)20(22)21-12-11-17-8-7-14-24-17/h7-10,14-15H,3-6,11-13H2,1-2H3,(H,21,22). The minimum atomic E-state index is -0.139. The number of furan rings is 1. The Bertz CT molecular complexity index is 637. The van der Waals surface area contributed by atoms with Crippen LogP contribution in [0.25, 0.3) is 0 Å². The predicted octanol–water partition coefficient (Wildman–Crippen LogP) is 4.22. The molecule has 136 valence electrons. The van der Waals surface area contributed by atoms with Crippen LogP contribution in [-0.4, -0.2) is 26.2 Å². The summed E-state index contributed by atoms with van der Waals surface area (Å²) in [4.78, 5) is 12.2. The van der Waals surface area contributed by atoms with E-state index in [1.54, 1.807) is 31.6 Å². The van der Waals surface area contributed by atoms with Crippen LogP contribution in [0.4, 0.5) is 0 Å². The molecule has 1 aromatic heterocycles. The minimum absolute atomic E-state index is 0.139. The molecule has 25 heavy (non-hydrogen) atoms. The average Bonchev–Trinajstić information content (AvgIpc) is 3.15. The molecule has 0 radical (unpaired) electrons. The van der Waals surface area contributed by atoms with Crippen molar-refractivity contribution in [2.45, 2.75) is 39.0 Å². The van der Waals surface area contributed by atoms with Crippen molar-refractivity contribution in [1.29, 1.82) is 0 Å². The van der Waals surface area contributed by atoms with Crippen LogP contribution in [0.15, 0.2) is 41.0 Å². The molecule has 0 aliphatic heterocycles. The van der Waals surface area contributed by atoms with Crippen molar-refractivity contribution >= 4 is 5.91 Å². The second-order valence-electron chi connectivity index (χ2n) is 5.86. The molecule has 1 aromatic carbocycles. The maximum absolute atomic E-state index is 12.2. The molecule has 2 aromatic rings. The number of unbranched alkanes of at least 4 members (excludes halogenated alkanes) is 3. The zero-order chi connectivity index (χ0) is 17.9. The van der Waals surface area contributed by atoms with E-state index in [4.69, 9.17) is 13.9 Å². The first kappa shape index (κ1) is 18.9. The lowest BCUT2D eigenvalue weighted by molar-refractivity contribution is 0.0953. The van der Waals surface area contributed by atoms with Gasteiger partial charge < -0.3 is 19.2 Å². The molecule has 5 heteroatoms. The van der Waals surface area contributed by atoms with Gasteiger partial charge in [-0.15, -0.1) is 0 Å². The molecule has 5 nitrogen and oxygen atoms in total. The molecule has 0 bridgehead atoms. The number of benzene rings is 1. The first-order chi connectivity index (χ1) is 12.2. The van der Waals surface area contributed by atoms with Gasteiger partial charge in [0.15, 0.2) is 11.5 Å². The molecule has 0 atom stereocenters. The highest BCUT2D eigenvalue weighted by atomic mass is 16.5. The van der Waals surface area contributed by atoms with Gasteiger partial charge in [0, 0.05) is 18.5 Å². The maximum Gasteiger partial charge on any atom is 0.251 e. The third-order valence-electron chi connectivity index (χ3n) is 3.92. The number of hydrogen-bond acceptors (Lipinski definition) is 4. The third kappa shape index (κ3) is 6.18. The largest absolute Gasteiger partial charge is 0.493 e. The summed E-state index contributed by atoms with van der Waals surface area (Å²) in [7, 11) is 1.58. The van der Waals surface area contributed by atoms with E-state index in [-0.39, 0.29) is 5.91 Å². The Labute approximate surface area is 149 Å². The van der Waals surface area contributed by atoms with Crippen LogP contribution in [0.3, 0.4) is 0 Å². The summed E-state index contributed by atoms with van der Waals surface area (Å²) in [5, 5.41) is 2.88. The topological polar surface area (TPSA) is 60.7 Å². The van der Waals surface area contributed by atoms with E-state index in [9.17, 15) is 4.79 Å². The van der Waals surface area contributed by atoms with Gasteiger partial charge in [0.1, 0.15) is 5.76 Å². The lowest BCUT2D eigenvalue weighted by Crippen LogP contribution is -2.25. The number of carbonyl (C=O) groups excluding carboxylic acids is 1. The molecule has 0 saturated heterocycles. The SMILES string of the molecule is CCCCCCOc1ccc(C(=O)NCCc2ccco2)cc1OC. The lowest BCUT2D eigenvalue weighted by Gasteiger charge is -2.12. The number of rotatable bonds is 11. The van der Waals surface area contributed by atoms with Gasteiger partial charge in [-0.1, -0.05) is 26.2 Å². The number of nitrogens with one attached hydrogen (secondary N) is 1. The molecule has 1 N–H and O–H groups in total. The molecule has 0 unspecified atom stereocenters. The minimum Gasteiger partial charge on any atom is -0.493 e. The van der Waals surface area contributed by atoms with Crippen LogP contribution in [0.5, 0.6) is 11.5 Å². The van der Waals surface area contributed by atoms with E-state index in [0.717, 1.165) is 18.6 Å². The fourth-order valence-electron chi connectivity index (χ4n) is 2.50. The second kappa shape index (κ2) is 10.4. The molecule has 0 saturated carbocycles. The maximum atomic E-state index is 12.2. The summed E-state index contributed by atoms with van der Waals surface area (Å²) in [6, 6.07) is 8.99. The van der Waals surface area contributed by atoms with Crippen molar-refractivity contribution in [3.8, 4) is 11.5 Å². The first-order valence-corrected chi connectivity index (χ1v) is 8.86. The quantitative estimate of drug-likeness (QED) is 0.620. The molecule has 2 rings (SSSR count). The van der Waals surface area contributed by atoms with Crippen molar-refractivity contribution < 1.29 is 18.7 Å². The molecule has 0 aliphatic rings. The van der Waals surface area contributed by atoms with Crippen LogP contribution >= 0.6 is 0 Å². The van der Waals surface area contributed by atoms with Gasteiger partial charge in [-0.25, -0.2) is 0 Å². The smallest absolute Gasteiger partial charge is 0.251 e. The van der Waals surface area contributed by atoms with Crippen LogP contribution in [-0.2, 0) is 6.42 Å². The Morgan fingerprint density at radius 2 is 2.04 bits per heavy atom. The number of methoxy groups -OCH3 is 1. The Morgan fingerprint density at radius 3 is 2.76 bits per heavy atom. The molecule has 1 heterocycles. The van der Waals surface area contributed by atoms with E-state index >= 15 is 0 Å². The van der Waals surface area contributed by atoms with Crippen molar-refractivity contribution in [3.05, 3.63) is 47.9 Å². The first-order valence-electron chi connectivity index (χ1n) is 8.86. The Kier molecular flexibility index (Phi) is 7.89. The van der Waals surface area contributed by atoms with Crippen molar-refractivity contribution in [3.63, 3.8) is 0 Å². The zero-order valence-corrected chi connectivity index (χ0v) is 15.0. The number of hydrogen-bond donors (Lipinski definition) is 1. The van der Waals surface area contributed by atoms with Crippen LogP contribution in [0.2, 0.25) is 0 Å². The monoisotopic (exact) mass is 345 g/mol. The molecule has 0 spiro atoms. The summed E-state index contributed by atoms with van der Waals surface area (Å²) in [5.74, 6) is 1.96. The van der Waals surface area contributed by atoms with E-state index in [2.05, 4.69) is 12.2 Å². The number of ether oxygens (including phenoxy) is 2. The zero-order valence-electron chi connectivity index (χ0n) is 15.0. The molecule has 1 amide bonds. The number of carbonyl (C=O) groups is 1. The fourth-order valence-corrected chi connectivity index (χ4v) is 2.50. The summed E-state index contributed by atoms with van der Waals surface area (Å²) in [6.07, 6.45) is 6.89. The van der Waals surface area contributed by atoms with E-state index in [0.29, 0.717) is 36.6 Å². The molecular formula is C20H27NO4. The van der Waals surface area contributed by atoms with Gasteiger partial charge in [-0.2, -0.15) is 0 Å². The van der Waals surface area contributed by atoms with Crippen molar-refractivity contribution in [2.24, 2.45) is 0 Å².